The van der Waals surface area contributed by atoms with Crippen molar-refractivity contribution in [1.29, 1.82) is 0 Å². The normalized spacial score (nSPS) is 11.8. The van der Waals surface area contributed by atoms with Gasteiger partial charge in [-0.2, -0.15) is 4.98 Å². The van der Waals surface area contributed by atoms with Crippen molar-refractivity contribution in [2.45, 2.75) is 19.9 Å². The number of ether oxygens (including phenoxy) is 1. The van der Waals surface area contributed by atoms with E-state index in [0.717, 1.165) is 11.3 Å². The smallest absolute Gasteiger partial charge is 0.249 e. The van der Waals surface area contributed by atoms with E-state index in [2.05, 4.69) is 15.5 Å². The molecule has 1 aromatic heterocycles. The van der Waals surface area contributed by atoms with Crippen LogP contribution in [0.5, 0.6) is 11.5 Å². The summed E-state index contributed by atoms with van der Waals surface area (Å²) < 4.78 is 11.0. The molecule has 3 rings (SSSR count). The van der Waals surface area contributed by atoms with Crippen LogP contribution in [0.25, 0.3) is 11.4 Å². The summed E-state index contributed by atoms with van der Waals surface area (Å²) in [6, 6.07) is 16.6. The van der Waals surface area contributed by atoms with Crippen molar-refractivity contribution in [3.8, 4) is 22.9 Å². The van der Waals surface area contributed by atoms with Gasteiger partial charge < -0.3 is 14.6 Å². The molecule has 6 nitrogen and oxygen atoms in total. The molecule has 0 aliphatic heterocycles. The Kier molecular flexibility index (Phi) is 4.56. The maximum atomic E-state index is 11.1. The Balaban J connectivity index is 1.79. The van der Waals surface area contributed by atoms with Gasteiger partial charge in [0.05, 0.1) is 0 Å². The molecule has 1 amide bonds. The highest BCUT2D eigenvalue weighted by Crippen LogP contribution is 2.26. The Morgan fingerprint density at radius 1 is 1.12 bits per heavy atom. The first-order valence-corrected chi connectivity index (χ1v) is 7.56. The lowest BCUT2D eigenvalue weighted by Gasteiger charge is -2.06. The van der Waals surface area contributed by atoms with E-state index in [9.17, 15) is 4.79 Å². The first kappa shape index (κ1) is 15.7. The highest BCUT2D eigenvalue weighted by atomic mass is 16.5. The zero-order chi connectivity index (χ0) is 16.9. The third-order valence-electron chi connectivity index (χ3n) is 3.30. The molecule has 0 spiro atoms. The maximum absolute atomic E-state index is 11.1. The molecule has 0 unspecified atom stereocenters. The number of nitrogens with zero attached hydrogens (tertiary/aromatic N) is 2. The van der Waals surface area contributed by atoms with Crippen LogP contribution in [0.4, 0.5) is 0 Å². The predicted octanol–water partition coefficient (Wildman–Crippen LogP) is 3.73. The lowest BCUT2D eigenvalue weighted by atomic mass is 10.2. The molecular weight excluding hydrogens is 306 g/mol. The van der Waals surface area contributed by atoms with Crippen molar-refractivity contribution >= 4 is 5.91 Å². The fourth-order valence-electron chi connectivity index (χ4n) is 2.22. The zero-order valence-electron chi connectivity index (χ0n) is 13.4. The van der Waals surface area contributed by atoms with E-state index in [-0.39, 0.29) is 11.9 Å². The fraction of sp³-hybridized carbons (Fsp3) is 0.167. The summed E-state index contributed by atoms with van der Waals surface area (Å²) in [6.45, 7) is 3.23. The highest BCUT2D eigenvalue weighted by molar-refractivity contribution is 5.73. The quantitative estimate of drug-likeness (QED) is 0.774. The zero-order valence-corrected chi connectivity index (χ0v) is 13.4. The van der Waals surface area contributed by atoms with Gasteiger partial charge in [0.2, 0.25) is 17.6 Å². The minimum absolute atomic E-state index is 0.152. The average molecular weight is 323 g/mol. The second kappa shape index (κ2) is 6.95. The Bertz CT molecular complexity index is 830. The molecule has 2 aromatic carbocycles. The van der Waals surface area contributed by atoms with Gasteiger partial charge in [0.1, 0.15) is 17.5 Å². The maximum Gasteiger partial charge on any atom is 0.249 e. The number of hydrogen-bond acceptors (Lipinski definition) is 5. The topological polar surface area (TPSA) is 77.2 Å². The van der Waals surface area contributed by atoms with Crippen LogP contribution in [0.2, 0.25) is 0 Å². The second-order valence-electron chi connectivity index (χ2n) is 5.32. The summed E-state index contributed by atoms with van der Waals surface area (Å²) in [5, 5.41) is 6.68. The summed E-state index contributed by atoms with van der Waals surface area (Å²) in [5.41, 5.74) is 0.772. The Morgan fingerprint density at radius 3 is 2.62 bits per heavy atom. The van der Waals surface area contributed by atoms with Gasteiger partial charge in [-0.1, -0.05) is 35.5 Å². The number of aromatic nitrogens is 2. The average Bonchev–Trinajstić information content (AvgIpc) is 3.06. The summed E-state index contributed by atoms with van der Waals surface area (Å²) in [4.78, 5) is 15.4. The van der Waals surface area contributed by atoms with Crippen LogP contribution in [0.1, 0.15) is 25.8 Å². The van der Waals surface area contributed by atoms with Crippen LogP contribution in [0.15, 0.2) is 59.1 Å². The van der Waals surface area contributed by atoms with Crippen molar-refractivity contribution in [3.63, 3.8) is 0 Å². The van der Waals surface area contributed by atoms with E-state index in [1.807, 2.05) is 54.6 Å². The number of amides is 1. The number of benzene rings is 2. The van der Waals surface area contributed by atoms with Crippen LogP contribution < -0.4 is 10.1 Å². The molecule has 6 heteroatoms. The molecule has 0 saturated heterocycles. The van der Waals surface area contributed by atoms with Gasteiger partial charge in [0.25, 0.3) is 0 Å². The first-order valence-electron chi connectivity index (χ1n) is 7.56. The van der Waals surface area contributed by atoms with Crippen LogP contribution in [0, 0.1) is 0 Å². The molecule has 0 fully saturated rings. The first-order chi connectivity index (χ1) is 11.6. The third-order valence-corrected chi connectivity index (χ3v) is 3.30. The molecule has 0 aliphatic rings. The number of nitrogens with one attached hydrogen (secondary N) is 1. The molecule has 122 valence electrons. The van der Waals surface area contributed by atoms with Gasteiger partial charge in [-0.25, -0.2) is 0 Å². The number of para-hydroxylation sites is 1. The molecule has 3 aromatic rings. The minimum Gasteiger partial charge on any atom is -0.457 e. The van der Waals surface area contributed by atoms with E-state index >= 15 is 0 Å². The van der Waals surface area contributed by atoms with Gasteiger partial charge in [0, 0.05) is 12.5 Å². The van der Waals surface area contributed by atoms with Crippen LogP contribution in [0.3, 0.4) is 0 Å². The minimum atomic E-state index is -0.340. The monoisotopic (exact) mass is 323 g/mol. The van der Waals surface area contributed by atoms with Crippen molar-refractivity contribution in [1.82, 2.24) is 15.5 Å². The number of rotatable bonds is 5. The van der Waals surface area contributed by atoms with E-state index in [1.165, 1.54) is 6.92 Å². The molecule has 1 N–H and O–H groups in total. The number of hydrogen-bond donors (Lipinski definition) is 1. The molecular formula is C18H17N3O3. The van der Waals surface area contributed by atoms with Gasteiger partial charge in [-0.3, -0.25) is 4.79 Å². The lowest BCUT2D eigenvalue weighted by molar-refractivity contribution is -0.119. The highest BCUT2D eigenvalue weighted by Gasteiger charge is 2.16. The summed E-state index contributed by atoms with van der Waals surface area (Å²) in [7, 11) is 0. The van der Waals surface area contributed by atoms with Crippen molar-refractivity contribution in [2.75, 3.05) is 0 Å². The predicted molar refractivity (Wildman–Crippen MR) is 88.5 cm³/mol. The van der Waals surface area contributed by atoms with Crippen LogP contribution in [-0.2, 0) is 4.79 Å². The van der Waals surface area contributed by atoms with E-state index in [0.29, 0.717) is 17.5 Å². The Labute approximate surface area is 139 Å². The van der Waals surface area contributed by atoms with E-state index in [1.54, 1.807) is 6.92 Å². The largest absolute Gasteiger partial charge is 0.457 e. The fourth-order valence-corrected chi connectivity index (χ4v) is 2.22. The SMILES string of the molecule is CC(=O)N[C@@H](C)c1nc(-c2cccc(Oc3ccccc3)c2)no1. The Hall–Kier alpha value is -3.15. The van der Waals surface area contributed by atoms with Crippen LogP contribution in [-0.4, -0.2) is 16.0 Å². The molecule has 24 heavy (non-hydrogen) atoms. The third kappa shape index (κ3) is 3.78. The van der Waals surface area contributed by atoms with E-state index < -0.39 is 0 Å². The summed E-state index contributed by atoms with van der Waals surface area (Å²) in [6.07, 6.45) is 0. The van der Waals surface area contributed by atoms with Crippen LogP contribution >= 0.6 is 0 Å². The van der Waals surface area contributed by atoms with Gasteiger partial charge in [-0.05, 0) is 31.2 Å². The van der Waals surface area contributed by atoms with Crippen molar-refractivity contribution in [2.24, 2.45) is 0 Å². The molecule has 0 radical (unpaired) electrons. The van der Waals surface area contributed by atoms with E-state index in [4.69, 9.17) is 9.26 Å². The van der Waals surface area contributed by atoms with Gasteiger partial charge in [-0.15, -0.1) is 0 Å². The standard InChI is InChI=1S/C18H17N3O3/c1-12(19-13(2)22)18-20-17(21-24-18)14-7-6-10-16(11-14)23-15-8-4-3-5-9-15/h3-12H,1-2H3,(H,19,22)/t12-/m0/s1. The molecule has 0 aliphatic carbocycles. The molecule has 0 saturated carbocycles. The molecule has 0 bridgehead atoms. The molecule has 1 atom stereocenters. The molecule has 1 heterocycles. The van der Waals surface area contributed by atoms with Gasteiger partial charge >= 0.3 is 0 Å². The van der Waals surface area contributed by atoms with Gasteiger partial charge in [0.15, 0.2) is 0 Å². The lowest BCUT2D eigenvalue weighted by Crippen LogP contribution is -2.23. The number of carbonyl (C=O) groups excluding carboxylic acids is 1. The summed E-state index contributed by atoms with van der Waals surface area (Å²) in [5.74, 6) is 2.08. The number of carbonyl (C=O) groups is 1. The van der Waals surface area contributed by atoms with Crippen molar-refractivity contribution < 1.29 is 14.1 Å². The second-order valence-corrected chi connectivity index (χ2v) is 5.32. The Morgan fingerprint density at radius 2 is 1.88 bits per heavy atom. The summed E-state index contributed by atoms with van der Waals surface area (Å²) >= 11 is 0. The van der Waals surface area contributed by atoms with Crippen molar-refractivity contribution in [3.05, 3.63) is 60.5 Å².